The van der Waals surface area contributed by atoms with Crippen LogP contribution in [-0.4, -0.2) is 35.1 Å². The zero-order valence-electron chi connectivity index (χ0n) is 18.5. The maximum atomic E-state index is 13.7. The molecular weight excluding hydrogens is 428 g/mol. The van der Waals surface area contributed by atoms with E-state index in [2.05, 4.69) is 5.32 Å². The van der Waals surface area contributed by atoms with Crippen LogP contribution in [0, 0.1) is 13.8 Å². The SMILES string of the molecule is COc1ccccc1NC(=O)CN(c1cccc(C)c1)S(=O)(=O)c1cc(C)ccc1OC. The first kappa shape index (κ1) is 23.1. The molecule has 0 saturated heterocycles. The summed E-state index contributed by atoms with van der Waals surface area (Å²) in [5, 5.41) is 2.74. The van der Waals surface area contributed by atoms with Gasteiger partial charge in [0.25, 0.3) is 10.0 Å². The van der Waals surface area contributed by atoms with Crippen LogP contribution in [0.1, 0.15) is 11.1 Å². The Morgan fingerprint density at radius 2 is 1.56 bits per heavy atom. The molecule has 0 aliphatic heterocycles. The van der Waals surface area contributed by atoms with Crippen molar-refractivity contribution >= 4 is 27.3 Å². The lowest BCUT2D eigenvalue weighted by atomic mass is 10.2. The lowest BCUT2D eigenvalue weighted by Crippen LogP contribution is -2.38. The highest BCUT2D eigenvalue weighted by Crippen LogP contribution is 2.31. The second-order valence-corrected chi connectivity index (χ2v) is 9.08. The van der Waals surface area contributed by atoms with Gasteiger partial charge < -0.3 is 14.8 Å². The summed E-state index contributed by atoms with van der Waals surface area (Å²) in [5.41, 5.74) is 2.45. The molecule has 0 aliphatic rings. The third kappa shape index (κ3) is 5.03. The molecule has 3 rings (SSSR count). The Balaban J connectivity index is 2.03. The maximum Gasteiger partial charge on any atom is 0.268 e. The number of rotatable bonds is 8. The number of anilines is 2. The molecule has 0 aliphatic carbocycles. The van der Waals surface area contributed by atoms with Gasteiger partial charge in [-0.15, -0.1) is 0 Å². The summed E-state index contributed by atoms with van der Waals surface area (Å²) in [6.45, 7) is 3.22. The van der Waals surface area contributed by atoms with Gasteiger partial charge in [0.2, 0.25) is 5.91 Å². The number of hydrogen-bond acceptors (Lipinski definition) is 5. The number of hydrogen-bond donors (Lipinski definition) is 1. The van der Waals surface area contributed by atoms with Crippen LogP contribution in [0.25, 0.3) is 0 Å². The standard InChI is InChI=1S/C24H26N2O5S/c1-17-8-7-9-19(14-17)26(16-24(27)25-20-10-5-6-11-21(20)30-3)32(28,29)23-15-18(2)12-13-22(23)31-4/h5-15H,16H2,1-4H3,(H,25,27). The second-order valence-electron chi connectivity index (χ2n) is 7.25. The number of sulfonamides is 1. The first-order valence-electron chi connectivity index (χ1n) is 9.93. The van der Waals surface area contributed by atoms with Gasteiger partial charge in [0.15, 0.2) is 0 Å². The van der Waals surface area contributed by atoms with Crippen molar-refractivity contribution in [3.8, 4) is 11.5 Å². The predicted octanol–water partition coefficient (Wildman–Crippen LogP) is 4.15. The van der Waals surface area contributed by atoms with E-state index in [1.54, 1.807) is 61.5 Å². The molecule has 1 N–H and O–H groups in total. The van der Waals surface area contributed by atoms with Gasteiger partial charge in [-0.2, -0.15) is 0 Å². The van der Waals surface area contributed by atoms with Gasteiger partial charge >= 0.3 is 0 Å². The number of carbonyl (C=O) groups is 1. The topological polar surface area (TPSA) is 84.9 Å². The van der Waals surface area contributed by atoms with Gasteiger partial charge in [-0.25, -0.2) is 8.42 Å². The summed E-state index contributed by atoms with van der Waals surface area (Å²) in [6, 6.07) is 18.8. The third-order valence-electron chi connectivity index (χ3n) is 4.85. The first-order valence-corrected chi connectivity index (χ1v) is 11.4. The molecule has 32 heavy (non-hydrogen) atoms. The van der Waals surface area contributed by atoms with Gasteiger partial charge in [-0.05, 0) is 61.4 Å². The van der Waals surface area contributed by atoms with E-state index in [0.29, 0.717) is 17.1 Å². The van der Waals surface area contributed by atoms with Crippen LogP contribution in [0.4, 0.5) is 11.4 Å². The molecule has 168 valence electrons. The van der Waals surface area contributed by atoms with E-state index in [9.17, 15) is 13.2 Å². The number of methoxy groups -OCH3 is 2. The van der Waals surface area contributed by atoms with Gasteiger partial charge in [0.05, 0.1) is 25.6 Å². The summed E-state index contributed by atoms with van der Waals surface area (Å²) in [7, 11) is -1.21. The Kier molecular flexibility index (Phi) is 7.05. The molecule has 0 heterocycles. The molecule has 0 radical (unpaired) electrons. The van der Waals surface area contributed by atoms with E-state index < -0.39 is 22.5 Å². The molecule has 3 aromatic carbocycles. The average Bonchev–Trinajstić information content (AvgIpc) is 2.77. The Morgan fingerprint density at radius 1 is 0.875 bits per heavy atom. The van der Waals surface area contributed by atoms with Crippen molar-refractivity contribution in [2.24, 2.45) is 0 Å². The number of ether oxygens (including phenoxy) is 2. The fraction of sp³-hybridized carbons (Fsp3) is 0.208. The molecule has 8 heteroatoms. The predicted molar refractivity (Wildman–Crippen MR) is 125 cm³/mol. The number of nitrogens with zero attached hydrogens (tertiary/aromatic N) is 1. The molecular formula is C24H26N2O5S. The molecule has 0 aromatic heterocycles. The maximum absolute atomic E-state index is 13.7. The van der Waals surface area contributed by atoms with Gasteiger partial charge in [-0.3, -0.25) is 9.10 Å². The van der Waals surface area contributed by atoms with E-state index in [0.717, 1.165) is 15.4 Å². The van der Waals surface area contributed by atoms with E-state index in [1.165, 1.54) is 20.3 Å². The molecule has 0 bridgehead atoms. The molecule has 0 unspecified atom stereocenters. The molecule has 0 fully saturated rings. The number of nitrogens with one attached hydrogen (secondary N) is 1. The number of amides is 1. The van der Waals surface area contributed by atoms with Crippen LogP contribution in [0.3, 0.4) is 0 Å². The van der Waals surface area contributed by atoms with Crippen molar-refractivity contribution in [1.29, 1.82) is 0 Å². The Hall–Kier alpha value is -3.52. The summed E-state index contributed by atoms with van der Waals surface area (Å²) >= 11 is 0. The lowest BCUT2D eigenvalue weighted by Gasteiger charge is -2.25. The van der Waals surface area contributed by atoms with Crippen LogP contribution in [0.15, 0.2) is 71.6 Å². The largest absolute Gasteiger partial charge is 0.495 e. The van der Waals surface area contributed by atoms with Crippen LogP contribution < -0.4 is 19.1 Å². The Bertz CT molecular complexity index is 1220. The third-order valence-corrected chi connectivity index (χ3v) is 6.64. The van der Waals surface area contributed by atoms with E-state index in [1.807, 2.05) is 13.0 Å². The molecule has 1 amide bonds. The molecule has 3 aromatic rings. The zero-order chi connectivity index (χ0) is 23.3. The van der Waals surface area contributed by atoms with Crippen LogP contribution in [0.5, 0.6) is 11.5 Å². The highest BCUT2D eigenvalue weighted by atomic mass is 32.2. The Labute approximate surface area is 188 Å². The zero-order valence-corrected chi connectivity index (χ0v) is 19.3. The number of carbonyl (C=O) groups excluding carboxylic acids is 1. The molecule has 0 spiro atoms. The summed E-state index contributed by atoms with van der Waals surface area (Å²) in [5.74, 6) is 0.177. The molecule has 0 saturated carbocycles. The van der Waals surface area contributed by atoms with Crippen molar-refractivity contribution in [2.45, 2.75) is 18.7 Å². The Morgan fingerprint density at radius 3 is 2.25 bits per heavy atom. The van der Waals surface area contributed by atoms with Gasteiger partial charge in [0, 0.05) is 0 Å². The van der Waals surface area contributed by atoms with Crippen molar-refractivity contribution < 1.29 is 22.7 Å². The van der Waals surface area contributed by atoms with Crippen LogP contribution in [0.2, 0.25) is 0 Å². The lowest BCUT2D eigenvalue weighted by molar-refractivity contribution is -0.114. The minimum absolute atomic E-state index is 0.00778. The molecule has 0 atom stereocenters. The smallest absolute Gasteiger partial charge is 0.268 e. The van der Waals surface area contributed by atoms with Crippen LogP contribution in [-0.2, 0) is 14.8 Å². The fourth-order valence-electron chi connectivity index (χ4n) is 3.27. The van der Waals surface area contributed by atoms with Crippen LogP contribution >= 0.6 is 0 Å². The number of para-hydroxylation sites is 2. The minimum atomic E-state index is -4.12. The number of benzene rings is 3. The van der Waals surface area contributed by atoms with Crippen molar-refractivity contribution in [3.05, 3.63) is 77.9 Å². The first-order chi connectivity index (χ1) is 15.3. The average molecular weight is 455 g/mol. The second kappa shape index (κ2) is 9.74. The summed E-state index contributed by atoms with van der Waals surface area (Å²) < 4.78 is 39.1. The minimum Gasteiger partial charge on any atom is -0.495 e. The molecule has 7 nitrogen and oxygen atoms in total. The van der Waals surface area contributed by atoms with E-state index in [4.69, 9.17) is 9.47 Å². The van der Waals surface area contributed by atoms with Crippen molar-refractivity contribution in [2.75, 3.05) is 30.4 Å². The van der Waals surface area contributed by atoms with Crippen molar-refractivity contribution in [1.82, 2.24) is 0 Å². The van der Waals surface area contributed by atoms with Gasteiger partial charge in [0.1, 0.15) is 22.9 Å². The summed E-state index contributed by atoms with van der Waals surface area (Å²) in [6.07, 6.45) is 0. The van der Waals surface area contributed by atoms with E-state index in [-0.39, 0.29) is 10.6 Å². The highest BCUT2D eigenvalue weighted by Gasteiger charge is 2.30. The summed E-state index contributed by atoms with van der Waals surface area (Å²) in [4.78, 5) is 12.9. The monoisotopic (exact) mass is 454 g/mol. The quantitative estimate of drug-likeness (QED) is 0.553. The van der Waals surface area contributed by atoms with Crippen molar-refractivity contribution in [3.63, 3.8) is 0 Å². The fourth-order valence-corrected chi connectivity index (χ4v) is 4.93. The van der Waals surface area contributed by atoms with Gasteiger partial charge in [-0.1, -0.05) is 30.3 Å². The van der Waals surface area contributed by atoms with E-state index >= 15 is 0 Å². The highest BCUT2D eigenvalue weighted by molar-refractivity contribution is 7.93. The number of aryl methyl sites for hydroxylation is 2. The normalized spacial score (nSPS) is 11.0.